The topological polar surface area (TPSA) is 63.3 Å². The van der Waals surface area contributed by atoms with Crippen LogP contribution in [0.25, 0.3) is 0 Å². The summed E-state index contributed by atoms with van der Waals surface area (Å²) in [5.74, 6) is -0.789. The van der Waals surface area contributed by atoms with Crippen LogP contribution in [0.4, 0.5) is 0 Å². The minimum absolute atomic E-state index is 0.00893. The van der Waals surface area contributed by atoms with E-state index >= 15 is 0 Å². The molecule has 3 heteroatoms. The van der Waals surface area contributed by atoms with Crippen LogP contribution in [0.3, 0.4) is 0 Å². The average molecular weight is 155 g/mol. The molecule has 1 saturated carbocycles. The zero-order valence-electron chi connectivity index (χ0n) is 6.42. The second kappa shape index (κ2) is 3.05. The van der Waals surface area contributed by atoms with Gasteiger partial charge < -0.3 is 10.8 Å². The summed E-state index contributed by atoms with van der Waals surface area (Å²) >= 11 is 0. The molecule has 3 nitrogen and oxygen atoms in total. The number of rotatable bonds is 4. The number of aliphatic carboxylic acids is 1. The molecule has 0 unspecified atom stereocenters. The van der Waals surface area contributed by atoms with Gasteiger partial charge in [0.2, 0.25) is 0 Å². The predicted molar refractivity (Wildman–Crippen MR) is 42.2 cm³/mol. The fourth-order valence-corrected chi connectivity index (χ4v) is 0.867. The van der Waals surface area contributed by atoms with Crippen LogP contribution in [-0.4, -0.2) is 16.6 Å². The first-order valence-electron chi connectivity index (χ1n) is 3.78. The van der Waals surface area contributed by atoms with Crippen molar-refractivity contribution in [1.82, 2.24) is 0 Å². The summed E-state index contributed by atoms with van der Waals surface area (Å²) in [5.41, 5.74) is 5.77. The zero-order chi connectivity index (χ0) is 8.32. The molecule has 0 aromatic carbocycles. The van der Waals surface area contributed by atoms with Gasteiger partial charge in [0.1, 0.15) is 0 Å². The van der Waals surface area contributed by atoms with Gasteiger partial charge in [-0.2, -0.15) is 0 Å². The minimum atomic E-state index is -0.789. The fourth-order valence-electron chi connectivity index (χ4n) is 0.867. The predicted octanol–water partition coefficient (Wildman–Crippen LogP) is 0.899. The van der Waals surface area contributed by atoms with Crippen molar-refractivity contribution in [2.24, 2.45) is 5.73 Å². The maximum Gasteiger partial charge on any atom is 0.307 e. The van der Waals surface area contributed by atoms with Gasteiger partial charge in [0.15, 0.2) is 0 Å². The first-order chi connectivity index (χ1) is 5.12. The normalized spacial score (nSPS) is 20.5. The summed E-state index contributed by atoms with van der Waals surface area (Å²) in [7, 11) is 0. The van der Waals surface area contributed by atoms with Gasteiger partial charge in [0, 0.05) is 5.54 Å². The Morgan fingerprint density at radius 2 is 2.18 bits per heavy atom. The third-order valence-electron chi connectivity index (χ3n) is 1.88. The van der Waals surface area contributed by atoms with Gasteiger partial charge in [-0.3, -0.25) is 4.79 Å². The molecule has 0 aromatic rings. The molecule has 1 aliphatic carbocycles. The number of hydrogen-bond acceptors (Lipinski definition) is 2. The van der Waals surface area contributed by atoms with Crippen molar-refractivity contribution in [2.45, 2.75) is 31.2 Å². The lowest BCUT2D eigenvalue weighted by atomic mass is 10.2. The molecule has 1 aliphatic rings. The molecule has 11 heavy (non-hydrogen) atoms. The summed E-state index contributed by atoms with van der Waals surface area (Å²) in [6, 6.07) is 0. The molecular formula is C8H13NO2. The van der Waals surface area contributed by atoms with E-state index in [1.165, 1.54) is 0 Å². The maximum absolute atomic E-state index is 10.1. The van der Waals surface area contributed by atoms with Crippen molar-refractivity contribution >= 4 is 5.97 Å². The quantitative estimate of drug-likeness (QED) is 0.593. The summed E-state index contributed by atoms with van der Waals surface area (Å²) in [4.78, 5) is 10.1. The standard InChI is InChI=1S/C8H13NO2/c9-8(5-6-8)4-2-1-3-7(10)11/h1-2H,3-6,9H2,(H,10,11)/b2-1+. The smallest absolute Gasteiger partial charge is 0.307 e. The van der Waals surface area contributed by atoms with E-state index in [9.17, 15) is 4.79 Å². The Morgan fingerprint density at radius 3 is 2.64 bits per heavy atom. The Bertz CT molecular complexity index is 183. The van der Waals surface area contributed by atoms with Crippen LogP contribution < -0.4 is 5.73 Å². The van der Waals surface area contributed by atoms with E-state index < -0.39 is 5.97 Å². The molecule has 0 amide bonds. The summed E-state index contributed by atoms with van der Waals surface area (Å²) in [5, 5.41) is 8.28. The van der Waals surface area contributed by atoms with E-state index in [4.69, 9.17) is 10.8 Å². The van der Waals surface area contributed by atoms with Gasteiger partial charge in [-0.1, -0.05) is 12.2 Å². The fraction of sp³-hybridized carbons (Fsp3) is 0.625. The van der Waals surface area contributed by atoms with Gasteiger partial charge >= 0.3 is 5.97 Å². The summed E-state index contributed by atoms with van der Waals surface area (Å²) in [6.45, 7) is 0. The lowest BCUT2D eigenvalue weighted by Crippen LogP contribution is -2.19. The number of carbonyl (C=O) groups is 1. The molecule has 0 bridgehead atoms. The van der Waals surface area contributed by atoms with E-state index in [0.29, 0.717) is 0 Å². The van der Waals surface area contributed by atoms with Crippen molar-refractivity contribution < 1.29 is 9.90 Å². The van der Waals surface area contributed by atoms with Crippen LogP contribution in [-0.2, 0) is 4.79 Å². The Kier molecular flexibility index (Phi) is 2.29. The second-order valence-corrected chi connectivity index (χ2v) is 3.14. The Labute approximate surface area is 65.9 Å². The molecule has 62 valence electrons. The van der Waals surface area contributed by atoms with Gasteiger partial charge in [0.25, 0.3) is 0 Å². The highest BCUT2D eigenvalue weighted by atomic mass is 16.4. The summed E-state index contributed by atoms with van der Waals surface area (Å²) < 4.78 is 0. The van der Waals surface area contributed by atoms with E-state index in [-0.39, 0.29) is 12.0 Å². The Balaban J connectivity index is 2.11. The molecule has 0 aliphatic heterocycles. The van der Waals surface area contributed by atoms with Gasteiger partial charge in [-0.15, -0.1) is 0 Å². The van der Waals surface area contributed by atoms with E-state index in [2.05, 4.69) is 0 Å². The molecule has 0 atom stereocenters. The minimum Gasteiger partial charge on any atom is -0.481 e. The van der Waals surface area contributed by atoms with Gasteiger partial charge in [0.05, 0.1) is 6.42 Å². The highest BCUT2D eigenvalue weighted by molar-refractivity contribution is 5.68. The second-order valence-electron chi connectivity index (χ2n) is 3.14. The average Bonchev–Trinajstić information content (AvgIpc) is 2.62. The molecule has 0 saturated heterocycles. The van der Waals surface area contributed by atoms with E-state index in [0.717, 1.165) is 19.3 Å². The third-order valence-corrected chi connectivity index (χ3v) is 1.88. The molecule has 0 heterocycles. The largest absolute Gasteiger partial charge is 0.481 e. The summed E-state index contributed by atoms with van der Waals surface area (Å²) in [6.07, 6.45) is 6.60. The first-order valence-corrected chi connectivity index (χ1v) is 3.78. The van der Waals surface area contributed by atoms with Crippen molar-refractivity contribution in [2.75, 3.05) is 0 Å². The van der Waals surface area contributed by atoms with Crippen molar-refractivity contribution in [3.63, 3.8) is 0 Å². The SMILES string of the molecule is NC1(C/C=C/CC(=O)O)CC1. The first kappa shape index (κ1) is 8.27. The number of carboxylic acid groups (broad SMARTS) is 1. The van der Waals surface area contributed by atoms with Crippen molar-refractivity contribution in [1.29, 1.82) is 0 Å². The third kappa shape index (κ3) is 3.18. The van der Waals surface area contributed by atoms with Crippen LogP contribution in [0.15, 0.2) is 12.2 Å². The molecule has 0 aromatic heterocycles. The van der Waals surface area contributed by atoms with Crippen LogP contribution in [0.1, 0.15) is 25.7 Å². The van der Waals surface area contributed by atoms with Crippen LogP contribution in [0.5, 0.6) is 0 Å². The molecule has 3 N–H and O–H groups in total. The molecule has 0 spiro atoms. The highest BCUT2D eigenvalue weighted by Gasteiger charge is 2.36. The molecular weight excluding hydrogens is 142 g/mol. The van der Waals surface area contributed by atoms with Crippen LogP contribution in [0, 0.1) is 0 Å². The highest BCUT2D eigenvalue weighted by Crippen LogP contribution is 2.35. The van der Waals surface area contributed by atoms with Gasteiger partial charge in [-0.25, -0.2) is 0 Å². The number of nitrogens with two attached hydrogens (primary N) is 1. The molecule has 1 rings (SSSR count). The lowest BCUT2D eigenvalue weighted by molar-refractivity contribution is -0.136. The van der Waals surface area contributed by atoms with Crippen LogP contribution in [0.2, 0.25) is 0 Å². The molecule has 1 fully saturated rings. The van der Waals surface area contributed by atoms with Crippen molar-refractivity contribution in [3.05, 3.63) is 12.2 Å². The molecule has 0 radical (unpaired) electrons. The maximum atomic E-state index is 10.1. The van der Waals surface area contributed by atoms with Crippen molar-refractivity contribution in [3.8, 4) is 0 Å². The Hall–Kier alpha value is -0.830. The van der Waals surface area contributed by atoms with E-state index in [1.807, 2.05) is 6.08 Å². The lowest BCUT2D eigenvalue weighted by Gasteiger charge is -2.00. The number of hydrogen-bond donors (Lipinski definition) is 2. The van der Waals surface area contributed by atoms with E-state index in [1.54, 1.807) is 6.08 Å². The van der Waals surface area contributed by atoms with Crippen LogP contribution >= 0.6 is 0 Å². The monoisotopic (exact) mass is 155 g/mol. The Morgan fingerprint density at radius 1 is 1.55 bits per heavy atom. The zero-order valence-corrected chi connectivity index (χ0v) is 6.42. The number of carboxylic acids is 1. The van der Waals surface area contributed by atoms with Gasteiger partial charge in [-0.05, 0) is 19.3 Å².